The SMILES string of the molecule is CC(C)N(CCCO)CC(=O)Nc1ccc(CN)cc1. The van der Waals surface area contributed by atoms with E-state index in [0.717, 1.165) is 11.3 Å². The third-order valence-electron chi connectivity index (χ3n) is 3.15. The van der Waals surface area contributed by atoms with Crippen LogP contribution in [0.5, 0.6) is 0 Å². The number of nitrogens with zero attached hydrogens (tertiary/aromatic N) is 1. The lowest BCUT2D eigenvalue weighted by atomic mass is 10.2. The van der Waals surface area contributed by atoms with E-state index < -0.39 is 0 Å². The maximum Gasteiger partial charge on any atom is 0.238 e. The van der Waals surface area contributed by atoms with Crippen molar-refractivity contribution in [1.82, 2.24) is 4.90 Å². The quantitative estimate of drug-likeness (QED) is 0.667. The molecular formula is C15H25N3O2. The molecule has 0 aliphatic rings. The molecular weight excluding hydrogens is 254 g/mol. The largest absolute Gasteiger partial charge is 0.396 e. The van der Waals surface area contributed by atoms with Crippen LogP contribution in [-0.4, -0.2) is 41.7 Å². The summed E-state index contributed by atoms with van der Waals surface area (Å²) in [5.74, 6) is -0.0443. The first-order valence-electron chi connectivity index (χ1n) is 7.00. The minimum atomic E-state index is -0.0443. The van der Waals surface area contributed by atoms with Crippen LogP contribution in [-0.2, 0) is 11.3 Å². The molecule has 0 unspecified atom stereocenters. The fraction of sp³-hybridized carbons (Fsp3) is 0.533. The van der Waals surface area contributed by atoms with Crippen molar-refractivity contribution in [1.29, 1.82) is 0 Å². The molecule has 1 amide bonds. The van der Waals surface area contributed by atoms with Crippen molar-refractivity contribution in [3.63, 3.8) is 0 Å². The van der Waals surface area contributed by atoms with Crippen LogP contribution in [0, 0.1) is 0 Å². The van der Waals surface area contributed by atoms with Crippen molar-refractivity contribution >= 4 is 11.6 Å². The number of rotatable bonds is 8. The minimum Gasteiger partial charge on any atom is -0.396 e. The third-order valence-corrected chi connectivity index (χ3v) is 3.15. The summed E-state index contributed by atoms with van der Waals surface area (Å²) in [5, 5.41) is 11.7. The predicted molar refractivity (Wildman–Crippen MR) is 81.4 cm³/mol. The van der Waals surface area contributed by atoms with Gasteiger partial charge in [-0.2, -0.15) is 0 Å². The fourth-order valence-corrected chi connectivity index (χ4v) is 1.90. The zero-order valence-corrected chi connectivity index (χ0v) is 12.3. The van der Waals surface area contributed by atoms with Crippen LogP contribution < -0.4 is 11.1 Å². The lowest BCUT2D eigenvalue weighted by Gasteiger charge is -2.25. The van der Waals surface area contributed by atoms with Gasteiger partial charge in [0, 0.05) is 31.4 Å². The topological polar surface area (TPSA) is 78.6 Å². The number of nitrogens with two attached hydrogens (primary N) is 1. The van der Waals surface area contributed by atoms with Crippen molar-refractivity contribution in [2.24, 2.45) is 5.73 Å². The summed E-state index contributed by atoms with van der Waals surface area (Å²) in [6.45, 7) is 5.77. The van der Waals surface area contributed by atoms with E-state index in [1.165, 1.54) is 0 Å². The van der Waals surface area contributed by atoms with Gasteiger partial charge >= 0.3 is 0 Å². The molecule has 5 nitrogen and oxygen atoms in total. The Hall–Kier alpha value is -1.43. The molecule has 112 valence electrons. The van der Waals surface area contributed by atoms with E-state index in [9.17, 15) is 4.79 Å². The zero-order valence-electron chi connectivity index (χ0n) is 12.3. The Balaban J connectivity index is 2.51. The second-order valence-electron chi connectivity index (χ2n) is 5.09. The van der Waals surface area contributed by atoms with Crippen molar-refractivity contribution in [2.45, 2.75) is 32.9 Å². The first kappa shape index (κ1) is 16.6. The van der Waals surface area contributed by atoms with E-state index in [1.54, 1.807) is 0 Å². The summed E-state index contributed by atoms with van der Waals surface area (Å²) in [6, 6.07) is 7.79. The Morgan fingerprint density at radius 2 is 2.00 bits per heavy atom. The smallest absolute Gasteiger partial charge is 0.238 e. The van der Waals surface area contributed by atoms with Gasteiger partial charge in [-0.1, -0.05) is 12.1 Å². The number of anilines is 1. The molecule has 0 fully saturated rings. The Morgan fingerprint density at radius 3 is 2.50 bits per heavy atom. The van der Waals surface area contributed by atoms with Crippen LogP contribution >= 0.6 is 0 Å². The molecule has 0 aliphatic carbocycles. The molecule has 0 bridgehead atoms. The van der Waals surface area contributed by atoms with E-state index in [1.807, 2.05) is 43.0 Å². The summed E-state index contributed by atoms with van der Waals surface area (Å²) in [6.07, 6.45) is 0.677. The zero-order chi connectivity index (χ0) is 15.0. The fourth-order valence-electron chi connectivity index (χ4n) is 1.90. The van der Waals surface area contributed by atoms with Gasteiger partial charge in [0.05, 0.1) is 6.54 Å². The van der Waals surface area contributed by atoms with Gasteiger partial charge in [0.2, 0.25) is 5.91 Å². The van der Waals surface area contributed by atoms with Crippen molar-refractivity contribution in [3.05, 3.63) is 29.8 Å². The number of aliphatic hydroxyl groups is 1. The van der Waals surface area contributed by atoms with E-state index in [4.69, 9.17) is 10.8 Å². The molecule has 5 heteroatoms. The summed E-state index contributed by atoms with van der Waals surface area (Å²) in [5.41, 5.74) is 7.35. The Morgan fingerprint density at radius 1 is 1.35 bits per heavy atom. The van der Waals surface area contributed by atoms with Gasteiger partial charge in [0.1, 0.15) is 0 Å². The normalized spacial score (nSPS) is 11.1. The molecule has 0 radical (unpaired) electrons. The van der Waals surface area contributed by atoms with Crippen LogP contribution in [0.15, 0.2) is 24.3 Å². The monoisotopic (exact) mass is 279 g/mol. The average Bonchev–Trinajstić information content (AvgIpc) is 2.44. The van der Waals surface area contributed by atoms with Crippen LogP contribution in [0.2, 0.25) is 0 Å². The van der Waals surface area contributed by atoms with E-state index in [-0.39, 0.29) is 18.6 Å². The summed E-state index contributed by atoms with van der Waals surface area (Å²) in [7, 11) is 0. The van der Waals surface area contributed by atoms with Gasteiger partial charge in [0.25, 0.3) is 0 Å². The van der Waals surface area contributed by atoms with Gasteiger partial charge in [-0.05, 0) is 38.0 Å². The van der Waals surface area contributed by atoms with Crippen molar-refractivity contribution in [3.8, 4) is 0 Å². The van der Waals surface area contributed by atoms with Crippen molar-refractivity contribution < 1.29 is 9.90 Å². The van der Waals surface area contributed by atoms with E-state index in [0.29, 0.717) is 26.1 Å². The first-order valence-corrected chi connectivity index (χ1v) is 7.00. The third kappa shape index (κ3) is 5.69. The van der Waals surface area contributed by atoms with Crippen LogP contribution in [0.1, 0.15) is 25.8 Å². The number of hydrogen-bond acceptors (Lipinski definition) is 4. The Labute approximate surface area is 120 Å². The van der Waals surface area contributed by atoms with Gasteiger partial charge in [-0.3, -0.25) is 9.69 Å². The molecule has 0 atom stereocenters. The van der Waals surface area contributed by atoms with Gasteiger partial charge < -0.3 is 16.2 Å². The maximum absolute atomic E-state index is 12.0. The molecule has 1 aromatic carbocycles. The van der Waals surface area contributed by atoms with Crippen LogP contribution in [0.25, 0.3) is 0 Å². The average molecular weight is 279 g/mol. The van der Waals surface area contributed by atoms with Crippen LogP contribution in [0.4, 0.5) is 5.69 Å². The Bertz CT molecular complexity index is 404. The minimum absolute atomic E-state index is 0.0443. The second-order valence-corrected chi connectivity index (χ2v) is 5.09. The van der Waals surface area contributed by atoms with Crippen molar-refractivity contribution in [2.75, 3.05) is 25.0 Å². The number of benzene rings is 1. The van der Waals surface area contributed by atoms with Crippen LogP contribution in [0.3, 0.4) is 0 Å². The summed E-state index contributed by atoms with van der Waals surface area (Å²) in [4.78, 5) is 14.0. The molecule has 0 aliphatic heterocycles. The molecule has 0 saturated carbocycles. The molecule has 1 rings (SSSR count). The van der Waals surface area contributed by atoms with Gasteiger partial charge in [-0.15, -0.1) is 0 Å². The van der Waals surface area contributed by atoms with Gasteiger partial charge in [0.15, 0.2) is 0 Å². The lowest BCUT2D eigenvalue weighted by Crippen LogP contribution is -2.38. The Kier molecular flexibility index (Phi) is 7.22. The number of hydrogen-bond donors (Lipinski definition) is 3. The molecule has 4 N–H and O–H groups in total. The molecule has 20 heavy (non-hydrogen) atoms. The number of amides is 1. The molecule has 0 spiro atoms. The van der Waals surface area contributed by atoms with E-state index in [2.05, 4.69) is 5.32 Å². The number of carbonyl (C=O) groups excluding carboxylic acids is 1. The van der Waals surface area contributed by atoms with E-state index >= 15 is 0 Å². The molecule has 0 saturated heterocycles. The summed E-state index contributed by atoms with van der Waals surface area (Å²) >= 11 is 0. The highest BCUT2D eigenvalue weighted by Crippen LogP contribution is 2.09. The number of carbonyl (C=O) groups is 1. The highest BCUT2D eigenvalue weighted by molar-refractivity contribution is 5.92. The highest BCUT2D eigenvalue weighted by atomic mass is 16.3. The summed E-state index contributed by atoms with van der Waals surface area (Å²) < 4.78 is 0. The molecule has 0 heterocycles. The molecule has 0 aromatic heterocycles. The number of nitrogens with one attached hydrogen (secondary N) is 1. The highest BCUT2D eigenvalue weighted by Gasteiger charge is 2.13. The standard InChI is InChI=1S/C15H25N3O2/c1-12(2)18(8-3-9-19)11-15(20)17-14-6-4-13(10-16)5-7-14/h4-7,12,19H,3,8-11,16H2,1-2H3,(H,17,20). The first-order chi connectivity index (χ1) is 9.56. The maximum atomic E-state index is 12.0. The second kappa shape index (κ2) is 8.68. The molecule has 1 aromatic rings. The lowest BCUT2D eigenvalue weighted by molar-refractivity contribution is -0.117. The van der Waals surface area contributed by atoms with Gasteiger partial charge in [-0.25, -0.2) is 0 Å². The number of aliphatic hydroxyl groups excluding tert-OH is 1. The predicted octanol–water partition coefficient (Wildman–Crippen LogP) is 1.18.